The highest BCUT2D eigenvalue weighted by molar-refractivity contribution is 5.72. The van der Waals surface area contributed by atoms with Crippen molar-refractivity contribution in [2.24, 2.45) is 11.3 Å². The number of carbonyl (C=O) groups is 1. The number of nitrogens with one attached hydrogen (secondary N) is 1. The number of alkyl halides is 6. The number of benzene rings is 2. The Hall–Kier alpha value is -2.63. The Balaban J connectivity index is 1.61. The summed E-state index contributed by atoms with van der Waals surface area (Å²) in [5.74, 6) is -1.47. The fraction of sp³-hybridized carbons (Fsp3) is 0.552. The van der Waals surface area contributed by atoms with Gasteiger partial charge in [0.15, 0.2) is 6.29 Å². The number of likely N-dealkylation sites (tertiary alicyclic amines) is 1. The van der Waals surface area contributed by atoms with Gasteiger partial charge in [0.05, 0.1) is 54.9 Å². The lowest BCUT2D eigenvalue weighted by Gasteiger charge is -2.43. The molecule has 0 radical (unpaired) electrons. The zero-order valence-electron chi connectivity index (χ0n) is 22.3. The summed E-state index contributed by atoms with van der Waals surface area (Å²) >= 11 is 0. The molecule has 220 valence electrons. The number of aliphatic carboxylic acids is 1. The predicted molar refractivity (Wildman–Crippen MR) is 131 cm³/mol. The highest BCUT2D eigenvalue weighted by Crippen LogP contribution is 2.41. The molecule has 2 aliphatic rings. The van der Waals surface area contributed by atoms with Gasteiger partial charge in [-0.2, -0.15) is 26.3 Å². The quantitative estimate of drug-likeness (QED) is 0.500. The standard InChI is InChI=1S/C29H33F6NO4/c1-18(21-13-22(28(30,31)32)15-23(14-21)29(33,34)35)40-25-24(19-7-4-3-5-8-19)20(9-12-39-25)16-36-11-6-10-27(2,17-36)26(37)38/h3-5,7-8,13-15,18,20,24-25H,6,9-12,16-17H2,1-2H3,(H,37,38)/t18-,20+,24+,25+,27-/m1/s1. The lowest BCUT2D eigenvalue weighted by molar-refractivity contribution is -0.915. The largest absolute Gasteiger partial charge is 0.549 e. The topological polar surface area (TPSA) is 63.0 Å². The molecule has 0 spiro atoms. The molecule has 0 aromatic heterocycles. The summed E-state index contributed by atoms with van der Waals surface area (Å²) < 4.78 is 92.7. The minimum absolute atomic E-state index is 0.0281. The van der Waals surface area contributed by atoms with E-state index in [-0.39, 0.29) is 30.1 Å². The van der Waals surface area contributed by atoms with Crippen molar-refractivity contribution < 1.29 is 50.6 Å². The van der Waals surface area contributed by atoms with Gasteiger partial charge in [-0.05, 0) is 62.4 Å². The van der Waals surface area contributed by atoms with E-state index in [1.54, 1.807) is 6.92 Å². The van der Waals surface area contributed by atoms with E-state index in [0.717, 1.165) is 23.4 Å². The van der Waals surface area contributed by atoms with Crippen LogP contribution in [0.3, 0.4) is 0 Å². The van der Waals surface area contributed by atoms with Crippen LogP contribution in [-0.2, 0) is 26.6 Å². The first-order valence-corrected chi connectivity index (χ1v) is 13.3. The summed E-state index contributed by atoms with van der Waals surface area (Å²) in [5.41, 5.74) is -3.14. The van der Waals surface area contributed by atoms with Crippen LogP contribution >= 0.6 is 0 Å². The normalized spacial score (nSPS) is 28.7. The number of ether oxygens (including phenoxy) is 2. The van der Waals surface area contributed by atoms with E-state index >= 15 is 0 Å². The molecule has 2 aromatic rings. The predicted octanol–water partition coefficient (Wildman–Crippen LogP) is 4.38. The van der Waals surface area contributed by atoms with Gasteiger partial charge in [-0.15, -0.1) is 0 Å². The van der Waals surface area contributed by atoms with Crippen molar-refractivity contribution in [2.45, 2.75) is 63.8 Å². The van der Waals surface area contributed by atoms with Crippen LogP contribution in [0.25, 0.3) is 0 Å². The molecule has 2 aromatic carbocycles. The molecule has 0 amide bonds. The number of rotatable bonds is 7. The van der Waals surface area contributed by atoms with E-state index in [1.807, 2.05) is 30.3 Å². The average Bonchev–Trinajstić information content (AvgIpc) is 2.88. The van der Waals surface area contributed by atoms with Crippen LogP contribution in [-0.4, -0.2) is 38.5 Å². The highest BCUT2D eigenvalue weighted by Gasteiger charge is 2.43. The minimum atomic E-state index is -4.97. The molecule has 0 bridgehead atoms. The Kier molecular flexibility index (Phi) is 8.87. The first kappa shape index (κ1) is 30.3. The Morgan fingerprint density at radius 3 is 2.30 bits per heavy atom. The molecular formula is C29H33F6NO4. The van der Waals surface area contributed by atoms with E-state index in [0.29, 0.717) is 38.1 Å². The van der Waals surface area contributed by atoms with E-state index in [2.05, 4.69) is 0 Å². The molecule has 4 rings (SSSR count). The van der Waals surface area contributed by atoms with Crippen LogP contribution in [0.15, 0.2) is 48.5 Å². The van der Waals surface area contributed by atoms with Crippen LogP contribution in [0.2, 0.25) is 0 Å². The van der Waals surface area contributed by atoms with Crippen LogP contribution in [0.4, 0.5) is 26.3 Å². The van der Waals surface area contributed by atoms with Gasteiger partial charge >= 0.3 is 12.4 Å². The molecule has 1 N–H and O–H groups in total. The summed E-state index contributed by atoms with van der Waals surface area (Å²) in [7, 11) is 0. The van der Waals surface area contributed by atoms with Gasteiger partial charge in [0.25, 0.3) is 0 Å². The molecule has 6 atom stereocenters. The van der Waals surface area contributed by atoms with Crippen molar-refractivity contribution in [3.63, 3.8) is 0 Å². The molecule has 2 fully saturated rings. The van der Waals surface area contributed by atoms with Crippen LogP contribution in [0, 0.1) is 11.3 Å². The lowest BCUT2D eigenvalue weighted by atomic mass is 9.78. The van der Waals surface area contributed by atoms with Crippen molar-refractivity contribution in [3.8, 4) is 0 Å². The maximum absolute atomic E-state index is 13.4. The van der Waals surface area contributed by atoms with Crippen molar-refractivity contribution in [1.82, 2.24) is 0 Å². The van der Waals surface area contributed by atoms with Gasteiger partial charge in [0.1, 0.15) is 0 Å². The number of halogens is 6. The van der Waals surface area contributed by atoms with Gasteiger partial charge in [-0.1, -0.05) is 30.3 Å². The minimum Gasteiger partial charge on any atom is -0.549 e. The molecule has 40 heavy (non-hydrogen) atoms. The van der Waals surface area contributed by atoms with Gasteiger partial charge < -0.3 is 24.3 Å². The number of quaternary nitrogens is 1. The zero-order valence-corrected chi connectivity index (χ0v) is 22.3. The van der Waals surface area contributed by atoms with Gasteiger partial charge in [-0.3, -0.25) is 0 Å². The second kappa shape index (κ2) is 11.7. The Morgan fingerprint density at radius 1 is 1.10 bits per heavy atom. The van der Waals surface area contributed by atoms with Gasteiger partial charge in [0, 0.05) is 11.8 Å². The fourth-order valence-corrected chi connectivity index (χ4v) is 5.97. The van der Waals surface area contributed by atoms with Crippen molar-refractivity contribution >= 4 is 5.97 Å². The number of carboxylic acid groups (broad SMARTS) is 1. The van der Waals surface area contributed by atoms with Gasteiger partial charge in [0.2, 0.25) is 0 Å². The first-order chi connectivity index (χ1) is 18.7. The third-order valence-corrected chi connectivity index (χ3v) is 8.12. The monoisotopic (exact) mass is 573 g/mol. The molecule has 2 saturated heterocycles. The molecule has 0 saturated carbocycles. The lowest BCUT2D eigenvalue weighted by Crippen LogP contribution is -3.15. The summed E-state index contributed by atoms with van der Waals surface area (Å²) in [5, 5.41) is 11.8. The molecule has 2 aliphatic heterocycles. The molecule has 2 heterocycles. The maximum atomic E-state index is 13.4. The second-order valence-corrected chi connectivity index (χ2v) is 11.2. The third kappa shape index (κ3) is 6.98. The summed E-state index contributed by atoms with van der Waals surface area (Å²) in [4.78, 5) is 12.9. The Morgan fingerprint density at radius 2 is 1.73 bits per heavy atom. The number of piperidine rings is 1. The van der Waals surface area contributed by atoms with E-state index in [4.69, 9.17) is 9.47 Å². The van der Waals surface area contributed by atoms with Crippen molar-refractivity contribution in [3.05, 3.63) is 70.8 Å². The Labute approximate surface area is 229 Å². The number of carboxylic acids is 1. The first-order valence-electron chi connectivity index (χ1n) is 13.3. The third-order valence-electron chi connectivity index (χ3n) is 8.12. The van der Waals surface area contributed by atoms with E-state index < -0.39 is 47.3 Å². The highest BCUT2D eigenvalue weighted by atomic mass is 19.4. The number of hydrogen-bond acceptors (Lipinski definition) is 4. The number of carbonyl (C=O) groups excluding carboxylic acids is 1. The van der Waals surface area contributed by atoms with E-state index in [1.165, 1.54) is 6.92 Å². The molecule has 11 heteroatoms. The number of hydrogen-bond donors (Lipinski definition) is 1. The van der Waals surface area contributed by atoms with Crippen LogP contribution in [0.5, 0.6) is 0 Å². The summed E-state index contributed by atoms with van der Waals surface area (Å²) in [6, 6.07) is 10.7. The second-order valence-electron chi connectivity index (χ2n) is 11.2. The van der Waals surface area contributed by atoms with Crippen molar-refractivity contribution in [1.29, 1.82) is 0 Å². The smallest absolute Gasteiger partial charge is 0.416 e. The van der Waals surface area contributed by atoms with E-state index in [9.17, 15) is 36.2 Å². The molecule has 0 aliphatic carbocycles. The molecule has 1 unspecified atom stereocenters. The summed E-state index contributed by atoms with van der Waals surface area (Å²) in [6.07, 6.45) is -10.1. The molecule has 5 nitrogen and oxygen atoms in total. The van der Waals surface area contributed by atoms with Crippen LogP contribution < -0.4 is 10.0 Å². The zero-order chi connectivity index (χ0) is 29.3. The maximum Gasteiger partial charge on any atom is 0.416 e. The fourth-order valence-electron chi connectivity index (χ4n) is 5.97. The average molecular weight is 574 g/mol. The summed E-state index contributed by atoms with van der Waals surface area (Å²) in [6.45, 7) is 5.19. The SMILES string of the molecule is C[C@@H](O[C@@H]1OCC[C@@H](C[NH+]2CCC[C@@](C)(C(=O)[O-])C2)[C@@H]1c1ccccc1)c1cc(C(F)(F)F)cc(C(F)(F)F)c1. The van der Waals surface area contributed by atoms with Crippen molar-refractivity contribution in [2.75, 3.05) is 26.2 Å². The van der Waals surface area contributed by atoms with Crippen LogP contribution in [0.1, 0.15) is 67.4 Å². The molecular weight excluding hydrogens is 540 g/mol. The Bertz CT molecular complexity index is 1140. The van der Waals surface area contributed by atoms with Gasteiger partial charge in [-0.25, -0.2) is 0 Å².